The fourth-order valence-corrected chi connectivity index (χ4v) is 1.53. The second-order valence-corrected chi connectivity index (χ2v) is 2.96. The highest BCUT2D eigenvalue weighted by Crippen LogP contribution is 2.19. The molecule has 0 atom stereocenters. The molecule has 0 unspecified atom stereocenters. The first-order chi connectivity index (χ1) is 6.42. The highest BCUT2D eigenvalue weighted by molar-refractivity contribution is 5.86. The molecule has 0 fully saturated rings. The lowest BCUT2D eigenvalue weighted by molar-refractivity contribution is 0.331. The Labute approximate surface area is 77.6 Å². The molecule has 1 radical (unpaired) electrons. The fourth-order valence-electron chi connectivity index (χ4n) is 1.53. The molecule has 0 aliphatic carbocycles. The quantitative estimate of drug-likeness (QED) is 0.735. The van der Waals surface area contributed by atoms with Crippen LogP contribution < -0.4 is 0 Å². The summed E-state index contributed by atoms with van der Waals surface area (Å²) in [5, 5.41) is 11.2. The minimum Gasteiger partial charge on any atom is -0.396 e. The average molecular weight is 171 g/mol. The number of rotatable bonds is 2. The predicted molar refractivity (Wildman–Crippen MR) is 54.4 cm³/mol. The van der Waals surface area contributed by atoms with Crippen molar-refractivity contribution in [3.63, 3.8) is 0 Å². The van der Waals surface area contributed by atoms with E-state index in [2.05, 4.69) is 18.2 Å². The molecule has 0 amide bonds. The zero-order valence-electron chi connectivity index (χ0n) is 7.27. The maximum atomic E-state index is 8.82. The van der Waals surface area contributed by atoms with Gasteiger partial charge in [-0.05, 0) is 16.3 Å². The van der Waals surface area contributed by atoms with Gasteiger partial charge in [-0.1, -0.05) is 42.5 Å². The van der Waals surface area contributed by atoms with Crippen LogP contribution in [0.3, 0.4) is 0 Å². The second-order valence-electron chi connectivity index (χ2n) is 2.96. The van der Waals surface area contributed by atoms with Crippen molar-refractivity contribution in [2.75, 3.05) is 6.61 Å². The van der Waals surface area contributed by atoms with Crippen molar-refractivity contribution < 1.29 is 5.11 Å². The van der Waals surface area contributed by atoms with Gasteiger partial charge in [0.2, 0.25) is 0 Å². The molecular weight excluding hydrogens is 160 g/mol. The molecule has 65 valence electrons. The Bertz CT molecular complexity index is 401. The van der Waals surface area contributed by atoms with E-state index in [9.17, 15) is 0 Å². The standard InChI is InChI=1S/C12H11O/c13-9-8-11-6-3-5-10-4-1-2-7-12(10)11/h1-8,13H,9H2. The monoisotopic (exact) mass is 171 g/mol. The van der Waals surface area contributed by atoms with Gasteiger partial charge in [-0.15, -0.1) is 0 Å². The molecular formula is C12H11O. The average Bonchev–Trinajstić information content (AvgIpc) is 2.19. The first-order valence-corrected chi connectivity index (χ1v) is 4.33. The van der Waals surface area contributed by atoms with Crippen LogP contribution in [0.4, 0.5) is 0 Å². The van der Waals surface area contributed by atoms with Gasteiger partial charge < -0.3 is 5.11 Å². The van der Waals surface area contributed by atoms with Crippen molar-refractivity contribution in [2.45, 2.75) is 0 Å². The van der Waals surface area contributed by atoms with Gasteiger partial charge in [0.15, 0.2) is 0 Å². The SMILES string of the molecule is OC[CH]c1cccc2ccccc12. The Morgan fingerprint density at radius 3 is 2.62 bits per heavy atom. The van der Waals surface area contributed by atoms with Gasteiger partial charge in [-0.3, -0.25) is 0 Å². The van der Waals surface area contributed by atoms with E-state index in [1.807, 2.05) is 30.7 Å². The summed E-state index contributed by atoms with van der Waals surface area (Å²) in [7, 11) is 0. The van der Waals surface area contributed by atoms with Gasteiger partial charge in [0.1, 0.15) is 0 Å². The Hall–Kier alpha value is -1.34. The molecule has 2 aromatic rings. The maximum absolute atomic E-state index is 8.82. The van der Waals surface area contributed by atoms with Crippen molar-refractivity contribution in [3.8, 4) is 0 Å². The Kier molecular flexibility index (Phi) is 2.28. The van der Waals surface area contributed by atoms with Crippen LogP contribution in [-0.4, -0.2) is 11.7 Å². The van der Waals surface area contributed by atoms with Crippen LogP contribution in [0.2, 0.25) is 0 Å². The third-order valence-electron chi connectivity index (χ3n) is 2.13. The van der Waals surface area contributed by atoms with Crippen LogP contribution in [0.5, 0.6) is 0 Å². The number of aliphatic hydroxyl groups is 1. The topological polar surface area (TPSA) is 20.2 Å². The summed E-state index contributed by atoms with van der Waals surface area (Å²) in [5.74, 6) is 0. The van der Waals surface area contributed by atoms with E-state index in [0.717, 1.165) is 5.56 Å². The van der Waals surface area contributed by atoms with Gasteiger partial charge >= 0.3 is 0 Å². The lowest BCUT2D eigenvalue weighted by Gasteiger charge is -2.03. The van der Waals surface area contributed by atoms with Crippen molar-refractivity contribution in [3.05, 3.63) is 54.4 Å². The molecule has 1 N–H and O–H groups in total. The molecule has 0 heterocycles. The van der Waals surface area contributed by atoms with Crippen LogP contribution >= 0.6 is 0 Å². The molecule has 0 saturated heterocycles. The van der Waals surface area contributed by atoms with E-state index < -0.39 is 0 Å². The summed E-state index contributed by atoms with van der Waals surface area (Å²) in [6, 6.07) is 14.3. The lowest BCUT2D eigenvalue weighted by Crippen LogP contribution is -1.88. The third-order valence-corrected chi connectivity index (χ3v) is 2.13. The van der Waals surface area contributed by atoms with Crippen LogP contribution in [0.15, 0.2) is 42.5 Å². The largest absolute Gasteiger partial charge is 0.396 e. The van der Waals surface area contributed by atoms with E-state index >= 15 is 0 Å². The van der Waals surface area contributed by atoms with Crippen molar-refractivity contribution >= 4 is 10.8 Å². The van der Waals surface area contributed by atoms with Gasteiger partial charge in [0.25, 0.3) is 0 Å². The number of hydrogen-bond donors (Lipinski definition) is 1. The van der Waals surface area contributed by atoms with Crippen LogP contribution in [-0.2, 0) is 0 Å². The van der Waals surface area contributed by atoms with Crippen LogP contribution in [0, 0.1) is 6.42 Å². The highest BCUT2D eigenvalue weighted by Gasteiger charge is 1.98. The summed E-state index contributed by atoms with van der Waals surface area (Å²) < 4.78 is 0. The molecule has 2 rings (SSSR count). The molecule has 0 aromatic heterocycles. The van der Waals surface area contributed by atoms with E-state index in [-0.39, 0.29) is 6.61 Å². The normalized spacial score (nSPS) is 10.5. The van der Waals surface area contributed by atoms with E-state index in [1.165, 1.54) is 10.8 Å². The van der Waals surface area contributed by atoms with Crippen LogP contribution in [0.25, 0.3) is 10.8 Å². The third kappa shape index (κ3) is 1.56. The molecule has 0 spiro atoms. The van der Waals surface area contributed by atoms with Crippen LogP contribution in [0.1, 0.15) is 5.56 Å². The van der Waals surface area contributed by atoms with Crippen molar-refractivity contribution in [1.29, 1.82) is 0 Å². The highest BCUT2D eigenvalue weighted by atomic mass is 16.2. The predicted octanol–water partition coefficient (Wildman–Crippen LogP) is 2.38. The molecule has 1 nitrogen and oxygen atoms in total. The summed E-state index contributed by atoms with van der Waals surface area (Å²) in [5.41, 5.74) is 1.10. The van der Waals surface area contributed by atoms with Crippen molar-refractivity contribution in [1.82, 2.24) is 0 Å². The molecule has 0 saturated carbocycles. The minimum absolute atomic E-state index is 0.0913. The smallest absolute Gasteiger partial charge is 0.0506 e. The molecule has 13 heavy (non-hydrogen) atoms. The minimum atomic E-state index is 0.0913. The fraction of sp³-hybridized carbons (Fsp3) is 0.0833. The summed E-state index contributed by atoms with van der Waals surface area (Å²) in [6.07, 6.45) is 1.82. The Morgan fingerprint density at radius 2 is 1.77 bits per heavy atom. The number of fused-ring (bicyclic) bond motifs is 1. The summed E-state index contributed by atoms with van der Waals surface area (Å²) >= 11 is 0. The Morgan fingerprint density at radius 1 is 1.00 bits per heavy atom. The molecule has 0 bridgehead atoms. The first-order valence-electron chi connectivity index (χ1n) is 4.33. The molecule has 1 heteroatoms. The van der Waals surface area contributed by atoms with E-state index in [1.54, 1.807) is 0 Å². The number of hydrogen-bond acceptors (Lipinski definition) is 1. The van der Waals surface area contributed by atoms with Gasteiger partial charge in [0, 0.05) is 6.42 Å². The number of benzene rings is 2. The summed E-state index contributed by atoms with van der Waals surface area (Å²) in [4.78, 5) is 0. The molecule has 0 aliphatic rings. The van der Waals surface area contributed by atoms with E-state index in [4.69, 9.17) is 5.11 Å². The zero-order valence-corrected chi connectivity index (χ0v) is 7.27. The zero-order chi connectivity index (χ0) is 9.10. The van der Waals surface area contributed by atoms with Gasteiger partial charge in [-0.25, -0.2) is 0 Å². The number of aliphatic hydroxyl groups excluding tert-OH is 1. The van der Waals surface area contributed by atoms with Crippen molar-refractivity contribution in [2.24, 2.45) is 0 Å². The maximum Gasteiger partial charge on any atom is 0.0506 e. The van der Waals surface area contributed by atoms with Gasteiger partial charge in [0.05, 0.1) is 6.61 Å². The second kappa shape index (κ2) is 3.58. The summed E-state index contributed by atoms with van der Waals surface area (Å²) in [6.45, 7) is 0.0913. The Balaban J connectivity index is 2.61. The lowest BCUT2D eigenvalue weighted by atomic mass is 10.0. The molecule has 2 aromatic carbocycles. The van der Waals surface area contributed by atoms with Gasteiger partial charge in [-0.2, -0.15) is 0 Å². The first kappa shape index (κ1) is 8.27. The van der Waals surface area contributed by atoms with E-state index in [0.29, 0.717) is 0 Å². The molecule has 0 aliphatic heterocycles.